The maximum absolute atomic E-state index is 3.80. The Bertz CT molecular complexity index is 419. The first-order valence-electron chi connectivity index (χ1n) is 7.24. The van der Waals surface area contributed by atoms with Crippen molar-refractivity contribution in [1.82, 2.24) is 10.2 Å². The van der Waals surface area contributed by atoms with Crippen molar-refractivity contribution >= 4 is 0 Å². The fraction of sp³-hybridized carbons (Fsp3) is 0.625. The van der Waals surface area contributed by atoms with Crippen molar-refractivity contribution in [2.24, 2.45) is 5.92 Å². The zero-order valence-electron chi connectivity index (χ0n) is 11.6. The van der Waals surface area contributed by atoms with E-state index < -0.39 is 0 Å². The summed E-state index contributed by atoms with van der Waals surface area (Å²) in [6.07, 6.45) is 2.79. The van der Waals surface area contributed by atoms with Crippen LogP contribution < -0.4 is 5.32 Å². The van der Waals surface area contributed by atoms with Crippen LogP contribution >= 0.6 is 0 Å². The normalized spacial score (nSPS) is 30.7. The molecule has 3 saturated heterocycles. The zero-order chi connectivity index (χ0) is 12.5. The second-order valence-electron chi connectivity index (χ2n) is 6.06. The Kier molecular flexibility index (Phi) is 3.40. The van der Waals surface area contributed by atoms with Crippen LogP contribution in [-0.2, 0) is 6.54 Å². The van der Waals surface area contributed by atoms with Gasteiger partial charge in [-0.2, -0.15) is 0 Å². The Balaban J connectivity index is 1.62. The summed E-state index contributed by atoms with van der Waals surface area (Å²) in [5.41, 5.74) is 4.24. The molecule has 3 aliphatic rings. The highest BCUT2D eigenvalue weighted by atomic mass is 15.2. The van der Waals surface area contributed by atoms with Gasteiger partial charge in [0.1, 0.15) is 0 Å². The molecule has 18 heavy (non-hydrogen) atoms. The number of hydrogen-bond acceptors (Lipinski definition) is 2. The van der Waals surface area contributed by atoms with Crippen molar-refractivity contribution in [3.63, 3.8) is 0 Å². The Labute approximate surface area is 110 Å². The van der Waals surface area contributed by atoms with Crippen LogP contribution in [-0.4, -0.2) is 30.6 Å². The molecule has 3 fully saturated rings. The molecule has 1 aromatic carbocycles. The molecule has 98 valence electrons. The van der Waals surface area contributed by atoms with E-state index in [1.165, 1.54) is 49.2 Å². The van der Waals surface area contributed by atoms with Gasteiger partial charge in [-0.1, -0.05) is 23.8 Å². The first kappa shape index (κ1) is 12.2. The molecule has 2 heteroatoms. The average molecular weight is 244 g/mol. The molecule has 1 N–H and O–H groups in total. The molecule has 1 aromatic rings. The SMILES string of the molecule is Cc1ccc(C)c(CNC2CN3CCC2CC3)c1. The van der Waals surface area contributed by atoms with Gasteiger partial charge in [-0.05, 0) is 56.8 Å². The Morgan fingerprint density at radius 3 is 2.67 bits per heavy atom. The third-order valence-electron chi connectivity index (χ3n) is 4.72. The van der Waals surface area contributed by atoms with Crippen molar-refractivity contribution in [2.45, 2.75) is 39.3 Å². The second-order valence-corrected chi connectivity index (χ2v) is 6.06. The maximum atomic E-state index is 3.80. The molecule has 0 spiro atoms. The van der Waals surface area contributed by atoms with Crippen LogP contribution in [0.5, 0.6) is 0 Å². The molecule has 1 unspecified atom stereocenters. The highest BCUT2D eigenvalue weighted by Crippen LogP contribution is 2.27. The minimum atomic E-state index is 0.715. The molecule has 3 aliphatic heterocycles. The summed E-state index contributed by atoms with van der Waals surface area (Å²) in [6.45, 7) is 9.33. The van der Waals surface area contributed by atoms with Crippen LogP contribution in [0, 0.1) is 19.8 Å². The Morgan fingerprint density at radius 1 is 1.22 bits per heavy atom. The molecule has 0 aliphatic carbocycles. The van der Waals surface area contributed by atoms with Crippen LogP contribution in [0.15, 0.2) is 18.2 Å². The van der Waals surface area contributed by atoms with E-state index in [1.807, 2.05) is 0 Å². The quantitative estimate of drug-likeness (QED) is 0.879. The number of rotatable bonds is 3. The van der Waals surface area contributed by atoms with Crippen LogP contribution in [0.2, 0.25) is 0 Å². The topological polar surface area (TPSA) is 15.3 Å². The van der Waals surface area contributed by atoms with E-state index in [4.69, 9.17) is 0 Å². The van der Waals surface area contributed by atoms with Gasteiger partial charge in [0.15, 0.2) is 0 Å². The van der Waals surface area contributed by atoms with Gasteiger partial charge in [-0.25, -0.2) is 0 Å². The molecule has 1 atom stereocenters. The summed E-state index contributed by atoms with van der Waals surface area (Å²) in [7, 11) is 0. The molecular weight excluding hydrogens is 220 g/mol. The Hall–Kier alpha value is -0.860. The summed E-state index contributed by atoms with van der Waals surface area (Å²) in [5, 5.41) is 3.80. The van der Waals surface area contributed by atoms with Crippen molar-refractivity contribution in [2.75, 3.05) is 19.6 Å². The first-order chi connectivity index (χ1) is 8.72. The predicted molar refractivity (Wildman–Crippen MR) is 75.7 cm³/mol. The van der Waals surface area contributed by atoms with E-state index in [0.717, 1.165) is 12.5 Å². The van der Waals surface area contributed by atoms with E-state index in [0.29, 0.717) is 6.04 Å². The number of nitrogens with zero attached hydrogens (tertiary/aromatic N) is 1. The number of piperidine rings is 3. The highest BCUT2D eigenvalue weighted by molar-refractivity contribution is 5.30. The van der Waals surface area contributed by atoms with Gasteiger partial charge < -0.3 is 10.2 Å². The Morgan fingerprint density at radius 2 is 2.00 bits per heavy atom. The molecule has 0 saturated carbocycles. The number of benzene rings is 1. The fourth-order valence-corrected chi connectivity index (χ4v) is 3.43. The number of hydrogen-bond donors (Lipinski definition) is 1. The number of aryl methyl sites for hydroxylation is 2. The zero-order valence-corrected chi connectivity index (χ0v) is 11.6. The first-order valence-corrected chi connectivity index (χ1v) is 7.24. The average Bonchev–Trinajstić information content (AvgIpc) is 2.41. The molecule has 3 heterocycles. The second kappa shape index (κ2) is 5.02. The predicted octanol–water partition coefficient (Wildman–Crippen LogP) is 2.49. The summed E-state index contributed by atoms with van der Waals surface area (Å²) < 4.78 is 0. The molecule has 0 amide bonds. The highest BCUT2D eigenvalue weighted by Gasteiger charge is 2.33. The van der Waals surface area contributed by atoms with Crippen molar-refractivity contribution < 1.29 is 0 Å². The fourth-order valence-electron chi connectivity index (χ4n) is 3.43. The van der Waals surface area contributed by atoms with E-state index in [2.05, 4.69) is 42.3 Å². The van der Waals surface area contributed by atoms with Crippen molar-refractivity contribution in [3.05, 3.63) is 34.9 Å². The summed E-state index contributed by atoms with van der Waals surface area (Å²) >= 11 is 0. The van der Waals surface area contributed by atoms with Crippen LogP contribution in [0.3, 0.4) is 0 Å². The van der Waals surface area contributed by atoms with Gasteiger partial charge in [-0.3, -0.25) is 0 Å². The number of fused-ring (bicyclic) bond motifs is 3. The largest absolute Gasteiger partial charge is 0.308 e. The minimum absolute atomic E-state index is 0.715. The third kappa shape index (κ3) is 2.45. The molecule has 0 radical (unpaired) electrons. The maximum Gasteiger partial charge on any atom is 0.0227 e. The van der Waals surface area contributed by atoms with E-state index in [9.17, 15) is 0 Å². The smallest absolute Gasteiger partial charge is 0.0227 e. The van der Waals surface area contributed by atoms with Crippen molar-refractivity contribution in [3.8, 4) is 0 Å². The number of nitrogens with one attached hydrogen (secondary N) is 1. The summed E-state index contributed by atoms with van der Waals surface area (Å²) in [4.78, 5) is 2.61. The monoisotopic (exact) mass is 244 g/mol. The van der Waals surface area contributed by atoms with Crippen molar-refractivity contribution in [1.29, 1.82) is 0 Å². The molecule has 2 bridgehead atoms. The van der Waals surface area contributed by atoms with E-state index in [1.54, 1.807) is 0 Å². The lowest BCUT2D eigenvalue weighted by molar-refractivity contribution is 0.0720. The van der Waals surface area contributed by atoms with Gasteiger partial charge in [0.25, 0.3) is 0 Å². The third-order valence-corrected chi connectivity index (χ3v) is 4.72. The van der Waals surface area contributed by atoms with E-state index >= 15 is 0 Å². The lowest BCUT2D eigenvalue weighted by Gasteiger charge is -2.45. The van der Waals surface area contributed by atoms with Crippen LogP contribution in [0.4, 0.5) is 0 Å². The lowest BCUT2D eigenvalue weighted by atomic mass is 9.84. The standard InChI is InChI=1S/C16H24N2/c1-12-3-4-13(2)15(9-12)10-17-16-11-18-7-5-14(16)6-8-18/h3-4,9,14,16-17H,5-8,10-11H2,1-2H3. The van der Waals surface area contributed by atoms with Gasteiger partial charge in [0.2, 0.25) is 0 Å². The summed E-state index contributed by atoms with van der Waals surface area (Å²) in [5.74, 6) is 0.917. The van der Waals surface area contributed by atoms with E-state index in [-0.39, 0.29) is 0 Å². The van der Waals surface area contributed by atoms with Gasteiger partial charge in [0.05, 0.1) is 0 Å². The van der Waals surface area contributed by atoms with Crippen LogP contribution in [0.1, 0.15) is 29.5 Å². The minimum Gasteiger partial charge on any atom is -0.308 e. The molecular formula is C16H24N2. The molecule has 2 nitrogen and oxygen atoms in total. The molecule has 4 rings (SSSR count). The molecule has 0 aromatic heterocycles. The van der Waals surface area contributed by atoms with Gasteiger partial charge in [-0.15, -0.1) is 0 Å². The lowest BCUT2D eigenvalue weighted by Crippen LogP contribution is -2.55. The summed E-state index contributed by atoms with van der Waals surface area (Å²) in [6, 6.07) is 7.48. The van der Waals surface area contributed by atoms with Gasteiger partial charge in [0, 0.05) is 19.1 Å². The van der Waals surface area contributed by atoms with Gasteiger partial charge >= 0.3 is 0 Å². The van der Waals surface area contributed by atoms with Crippen LogP contribution in [0.25, 0.3) is 0 Å².